The number of piperazine rings is 1. The van der Waals surface area contributed by atoms with Crippen LogP contribution in [0.2, 0.25) is 0 Å². The Kier molecular flexibility index (Phi) is 5.38. The molecule has 0 aromatic carbocycles. The fraction of sp³-hybridized carbons (Fsp3) is 0.625. The van der Waals surface area contributed by atoms with Crippen molar-refractivity contribution < 1.29 is 17.9 Å². The Morgan fingerprint density at radius 1 is 1.04 bits per heavy atom. The van der Waals surface area contributed by atoms with Gasteiger partial charge in [-0.05, 0) is 26.0 Å². The van der Waals surface area contributed by atoms with Gasteiger partial charge in [-0.2, -0.15) is 17.0 Å². The summed E-state index contributed by atoms with van der Waals surface area (Å²) in [7, 11) is -3.53. The monoisotopic (exact) mass is 368 g/mol. The van der Waals surface area contributed by atoms with E-state index in [2.05, 4.69) is 4.98 Å². The van der Waals surface area contributed by atoms with Gasteiger partial charge in [0.25, 0.3) is 16.1 Å². The summed E-state index contributed by atoms with van der Waals surface area (Å²) in [5, 5.41) is 0. The van der Waals surface area contributed by atoms with Crippen molar-refractivity contribution in [3.8, 4) is 0 Å². The lowest BCUT2D eigenvalue weighted by Crippen LogP contribution is -2.57. The van der Waals surface area contributed by atoms with Crippen LogP contribution in [0.3, 0.4) is 0 Å². The van der Waals surface area contributed by atoms with Crippen LogP contribution < -0.4 is 0 Å². The van der Waals surface area contributed by atoms with Crippen LogP contribution in [0.25, 0.3) is 0 Å². The summed E-state index contributed by atoms with van der Waals surface area (Å²) in [6.07, 6.45) is 2.92. The Labute approximate surface area is 148 Å². The van der Waals surface area contributed by atoms with Gasteiger partial charge in [0.2, 0.25) is 0 Å². The lowest BCUT2D eigenvalue weighted by atomic mass is 10.2. The number of pyridine rings is 1. The third kappa shape index (κ3) is 4.00. The third-order valence-electron chi connectivity index (χ3n) is 4.49. The highest BCUT2D eigenvalue weighted by molar-refractivity contribution is 7.86. The number of nitrogens with zero attached hydrogens (tertiary/aromatic N) is 4. The van der Waals surface area contributed by atoms with Crippen LogP contribution in [0.1, 0.15) is 24.2 Å². The normalized spacial score (nSPS) is 26.6. The molecule has 2 fully saturated rings. The predicted octanol–water partition coefficient (Wildman–Crippen LogP) is 0.193. The molecule has 3 heterocycles. The van der Waals surface area contributed by atoms with Crippen molar-refractivity contribution in [2.75, 3.05) is 39.3 Å². The van der Waals surface area contributed by atoms with E-state index in [4.69, 9.17) is 4.74 Å². The molecule has 0 bridgehead atoms. The van der Waals surface area contributed by atoms with Crippen molar-refractivity contribution in [2.45, 2.75) is 26.1 Å². The summed E-state index contributed by atoms with van der Waals surface area (Å²) in [5.74, 6) is -0.0898. The number of rotatable bonds is 3. The molecule has 0 unspecified atom stereocenters. The molecule has 1 amide bonds. The minimum absolute atomic E-state index is 0.0898. The number of ether oxygens (including phenoxy) is 1. The largest absolute Gasteiger partial charge is 0.373 e. The summed E-state index contributed by atoms with van der Waals surface area (Å²) < 4.78 is 34.3. The summed E-state index contributed by atoms with van der Waals surface area (Å²) in [5.41, 5.74) is 0.571. The van der Waals surface area contributed by atoms with Crippen molar-refractivity contribution in [1.82, 2.24) is 18.5 Å². The van der Waals surface area contributed by atoms with Gasteiger partial charge in [0.05, 0.1) is 12.2 Å². The Hall–Kier alpha value is -1.55. The fourth-order valence-corrected chi connectivity index (χ4v) is 5.03. The highest BCUT2D eigenvalue weighted by atomic mass is 32.2. The molecule has 0 radical (unpaired) electrons. The van der Waals surface area contributed by atoms with Gasteiger partial charge in [0.1, 0.15) is 0 Å². The molecular weight excluding hydrogens is 344 g/mol. The van der Waals surface area contributed by atoms with Crippen LogP contribution in [0.5, 0.6) is 0 Å². The van der Waals surface area contributed by atoms with Crippen molar-refractivity contribution in [2.24, 2.45) is 0 Å². The molecule has 1 aromatic rings. The number of carbonyl (C=O) groups excluding carboxylic acids is 1. The smallest absolute Gasteiger partial charge is 0.282 e. The zero-order valence-electron chi connectivity index (χ0n) is 14.5. The fourth-order valence-electron chi connectivity index (χ4n) is 3.28. The molecular formula is C16H24N4O4S. The van der Waals surface area contributed by atoms with E-state index in [1.165, 1.54) is 8.61 Å². The number of morpholine rings is 1. The molecule has 2 saturated heterocycles. The van der Waals surface area contributed by atoms with E-state index < -0.39 is 10.2 Å². The van der Waals surface area contributed by atoms with Crippen molar-refractivity contribution >= 4 is 16.1 Å². The lowest BCUT2D eigenvalue weighted by Gasteiger charge is -2.40. The minimum Gasteiger partial charge on any atom is -0.373 e. The van der Waals surface area contributed by atoms with E-state index in [1.54, 1.807) is 29.4 Å². The van der Waals surface area contributed by atoms with E-state index in [0.29, 0.717) is 44.8 Å². The molecule has 2 atom stereocenters. The van der Waals surface area contributed by atoms with Gasteiger partial charge < -0.3 is 9.64 Å². The van der Waals surface area contributed by atoms with E-state index >= 15 is 0 Å². The van der Waals surface area contributed by atoms with Gasteiger partial charge in [-0.25, -0.2) is 0 Å². The summed E-state index contributed by atoms with van der Waals surface area (Å²) in [6, 6.07) is 3.34. The van der Waals surface area contributed by atoms with Crippen LogP contribution in [-0.4, -0.2) is 84.3 Å². The number of hydrogen-bond donors (Lipinski definition) is 0. The van der Waals surface area contributed by atoms with Crippen molar-refractivity contribution in [3.63, 3.8) is 0 Å². The number of hydrogen-bond acceptors (Lipinski definition) is 5. The van der Waals surface area contributed by atoms with Crippen LogP contribution in [0.15, 0.2) is 24.5 Å². The van der Waals surface area contributed by atoms with E-state index in [-0.39, 0.29) is 18.1 Å². The van der Waals surface area contributed by atoms with Gasteiger partial charge in [0, 0.05) is 57.2 Å². The number of amides is 1. The maximum Gasteiger partial charge on any atom is 0.282 e. The number of aromatic nitrogens is 1. The molecule has 8 nitrogen and oxygen atoms in total. The zero-order valence-corrected chi connectivity index (χ0v) is 15.4. The topological polar surface area (TPSA) is 83.1 Å². The molecule has 1 aromatic heterocycles. The maximum atomic E-state index is 12.9. The molecule has 2 aliphatic heterocycles. The highest BCUT2D eigenvalue weighted by Gasteiger charge is 2.37. The first-order chi connectivity index (χ1) is 11.9. The third-order valence-corrected chi connectivity index (χ3v) is 6.46. The lowest BCUT2D eigenvalue weighted by molar-refractivity contribution is -0.0457. The average Bonchev–Trinajstić information content (AvgIpc) is 2.61. The highest BCUT2D eigenvalue weighted by Crippen LogP contribution is 2.19. The Morgan fingerprint density at radius 3 is 2.16 bits per heavy atom. The first-order valence-corrected chi connectivity index (χ1v) is 9.87. The van der Waals surface area contributed by atoms with Crippen LogP contribution in [0.4, 0.5) is 0 Å². The summed E-state index contributed by atoms with van der Waals surface area (Å²) >= 11 is 0. The van der Waals surface area contributed by atoms with Gasteiger partial charge >= 0.3 is 0 Å². The Morgan fingerprint density at radius 2 is 1.60 bits per heavy atom. The quantitative estimate of drug-likeness (QED) is 0.761. The molecule has 2 aliphatic rings. The summed E-state index contributed by atoms with van der Waals surface area (Å²) in [6.45, 7) is 5.86. The maximum absolute atomic E-state index is 12.9. The second-order valence-electron chi connectivity index (χ2n) is 6.51. The van der Waals surface area contributed by atoms with Crippen molar-refractivity contribution in [3.05, 3.63) is 30.1 Å². The van der Waals surface area contributed by atoms with E-state index in [9.17, 15) is 13.2 Å². The SMILES string of the molecule is C[C@@H]1CN(S(=O)(=O)N2CCN(C(=O)c3ccncc3)CC2)C[C@H](C)O1. The van der Waals surface area contributed by atoms with Crippen LogP contribution >= 0.6 is 0 Å². The van der Waals surface area contributed by atoms with Gasteiger partial charge in [-0.3, -0.25) is 9.78 Å². The zero-order chi connectivity index (χ0) is 18.0. The molecule has 3 rings (SSSR count). The second kappa shape index (κ2) is 7.36. The van der Waals surface area contributed by atoms with Crippen molar-refractivity contribution in [1.29, 1.82) is 0 Å². The molecule has 138 valence electrons. The van der Waals surface area contributed by atoms with E-state index in [1.807, 2.05) is 13.8 Å². The predicted molar refractivity (Wildman–Crippen MR) is 92.2 cm³/mol. The van der Waals surface area contributed by atoms with Gasteiger partial charge in [-0.1, -0.05) is 0 Å². The summed E-state index contributed by atoms with van der Waals surface area (Å²) in [4.78, 5) is 18.0. The second-order valence-corrected chi connectivity index (χ2v) is 8.44. The standard InChI is InChI=1S/C16H24N4O4S/c1-13-11-20(12-14(2)24-13)25(22,23)19-9-7-18(8-10-19)16(21)15-3-5-17-6-4-15/h3-6,13-14H,7-12H2,1-2H3/t13-,14+. The van der Waals surface area contributed by atoms with Crippen LogP contribution in [0, 0.1) is 0 Å². The van der Waals surface area contributed by atoms with Gasteiger partial charge in [-0.15, -0.1) is 0 Å². The molecule has 9 heteroatoms. The van der Waals surface area contributed by atoms with E-state index in [0.717, 1.165) is 0 Å². The average molecular weight is 368 g/mol. The van der Waals surface area contributed by atoms with Crippen LogP contribution in [-0.2, 0) is 14.9 Å². The number of carbonyl (C=O) groups is 1. The Bertz CT molecular complexity index is 694. The molecule has 0 aliphatic carbocycles. The van der Waals surface area contributed by atoms with Gasteiger partial charge in [0.15, 0.2) is 0 Å². The Balaban J connectivity index is 1.62. The molecule has 25 heavy (non-hydrogen) atoms. The first-order valence-electron chi connectivity index (χ1n) is 8.48. The molecule has 0 saturated carbocycles. The molecule has 0 N–H and O–H groups in total. The first kappa shape index (κ1) is 18.2. The minimum atomic E-state index is -3.53. The molecule has 0 spiro atoms.